The summed E-state index contributed by atoms with van der Waals surface area (Å²) >= 11 is 0. The predicted octanol–water partition coefficient (Wildman–Crippen LogP) is 6.88. The molecule has 1 aliphatic carbocycles. The molecule has 0 fully saturated rings. The first-order chi connectivity index (χ1) is 11.2. The van der Waals surface area contributed by atoms with E-state index >= 15 is 0 Å². The number of hydrogen-bond acceptors (Lipinski definition) is 0. The molecule has 0 saturated carbocycles. The van der Waals surface area contributed by atoms with E-state index in [9.17, 15) is 8.78 Å². The molecule has 0 bridgehead atoms. The van der Waals surface area contributed by atoms with Gasteiger partial charge >= 0.3 is 0 Å². The Balaban J connectivity index is 1.75. The van der Waals surface area contributed by atoms with Crippen molar-refractivity contribution in [3.8, 4) is 0 Å². The molecule has 1 aliphatic rings. The monoisotopic (exact) mass is 314 g/mol. The lowest BCUT2D eigenvalue weighted by atomic mass is 9.83. The van der Waals surface area contributed by atoms with Gasteiger partial charge in [-0.2, -0.15) is 0 Å². The van der Waals surface area contributed by atoms with Crippen LogP contribution in [0.2, 0.25) is 0 Å². The average Bonchev–Trinajstić information content (AvgIpc) is 2.59. The van der Waals surface area contributed by atoms with Gasteiger partial charge in [-0.3, -0.25) is 0 Å². The molecular formula is C21H24F2. The van der Waals surface area contributed by atoms with Crippen LogP contribution in [0, 0.1) is 17.6 Å². The first-order valence-electron chi connectivity index (χ1n) is 8.76. The molecule has 0 nitrogen and oxygen atoms in total. The smallest absolute Gasteiger partial charge is 0.166 e. The Hall–Kier alpha value is -1.70. The highest BCUT2D eigenvalue weighted by molar-refractivity contribution is 5.87. The Morgan fingerprint density at radius 1 is 1.09 bits per heavy atom. The molecule has 0 aliphatic heterocycles. The van der Waals surface area contributed by atoms with E-state index in [4.69, 9.17) is 0 Å². The number of allylic oxidation sites excluding steroid dienone is 2. The van der Waals surface area contributed by atoms with Gasteiger partial charge in [-0.15, -0.1) is 0 Å². The highest BCUT2D eigenvalue weighted by atomic mass is 19.2. The van der Waals surface area contributed by atoms with Crippen molar-refractivity contribution >= 4 is 16.3 Å². The Morgan fingerprint density at radius 3 is 2.70 bits per heavy atom. The molecule has 0 spiro atoms. The summed E-state index contributed by atoms with van der Waals surface area (Å²) in [5, 5.41) is 1.13. The number of fused-ring (bicyclic) bond motifs is 1. The minimum atomic E-state index is -0.781. The largest absolute Gasteiger partial charge is 0.204 e. The molecule has 23 heavy (non-hydrogen) atoms. The van der Waals surface area contributed by atoms with Crippen LogP contribution in [-0.4, -0.2) is 0 Å². The normalized spacial score (nSPS) is 18.2. The van der Waals surface area contributed by atoms with Crippen molar-refractivity contribution in [1.29, 1.82) is 0 Å². The van der Waals surface area contributed by atoms with Gasteiger partial charge in [0.2, 0.25) is 0 Å². The molecule has 0 N–H and O–H groups in total. The summed E-state index contributed by atoms with van der Waals surface area (Å²) in [4.78, 5) is 0. The van der Waals surface area contributed by atoms with Crippen molar-refractivity contribution in [2.45, 2.75) is 51.9 Å². The van der Waals surface area contributed by atoms with Gasteiger partial charge in [-0.05, 0) is 53.8 Å². The van der Waals surface area contributed by atoms with Crippen LogP contribution in [0.15, 0.2) is 36.4 Å². The van der Waals surface area contributed by atoms with Crippen molar-refractivity contribution in [2.24, 2.45) is 5.92 Å². The molecule has 0 heterocycles. The van der Waals surface area contributed by atoms with Crippen LogP contribution in [-0.2, 0) is 0 Å². The fraction of sp³-hybridized carbons (Fsp3) is 0.429. The van der Waals surface area contributed by atoms with E-state index in [1.54, 1.807) is 12.1 Å². The maximum atomic E-state index is 13.8. The molecule has 1 unspecified atom stereocenters. The molecular weight excluding hydrogens is 290 g/mol. The number of hydrogen-bond donors (Lipinski definition) is 0. The summed E-state index contributed by atoms with van der Waals surface area (Å²) < 4.78 is 27.1. The Morgan fingerprint density at radius 2 is 1.96 bits per heavy atom. The molecule has 0 radical (unpaired) electrons. The van der Waals surface area contributed by atoms with Gasteiger partial charge < -0.3 is 0 Å². The van der Waals surface area contributed by atoms with Gasteiger partial charge in [0.15, 0.2) is 11.6 Å². The summed E-state index contributed by atoms with van der Waals surface area (Å²) in [5.41, 5.74) is 2.50. The molecule has 0 saturated heterocycles. The zero-order valence-corrected chi connectivity index (χ0v) is 13.7. The molecule has 2 heteroatoms. The van der Waals surface area contributed by atoms with Crippen molar-refractivity contribution in [1.82, 2.24) is 0 Å². The maximum absolute atomic E-state index is 13.8. The summed E-state index contributed by atoms with van der Waals surface area (Å²) in [6.07, 6.45) is 11.1. The van der Waals surface area contributed by atoms with Crippen LogP contribution >= 0.6 is 0 Å². The lowest BCUT2D eigenvalue weighted by molar-refractivity contribution is 0.428. The van der Waals surface area contributed by atoms with Gasteiger partial charge in [-0.25, -0.2) is 8.78 Å². The van der Waals surface area contributed by atoms with E-state index in [1.807, 2.05) is 12.1 Å². The van der Waals surface area contributed by atoms with E-state index in [2.05, 4.69) is 13.0 Å². The molecule has 3 rings (SSSR count). The third-order valence-electron chi connectivity index (χ3n) is 5.01. The van der Waals surface area contributed by atoms with E-state index in [-0.39, 0.29) is 0 Å². The predicted molar refractivity (Wildman–Crippen MR) is 93.3 cm³/mol. The Bertz CT molecular complexity index is 715. The molecule has 1 atom stereocenters. The molecule has 2 aromatic carbocycles. The quantitative estimate of drug-likeness (QED) is 0.527. The molecule has 0 amide bonds. The topological polar surface area (TPSA) is 0 Å². The van der Waals surface area contributed by atoms with Gasteiger partial charge in [0.05, 0.1) is 0 Å². The van der Waals surface area contributed by atoms with E-state index < -0.39 is 11.6 Å². The van der Waals surface area contributed by atoms with Crippen LogP contribution in [0.5, 0.6) is 0 Å². The van der Waals surface area contributed by atoms with Crippen molar-refractivity contribution in [3.05, 3.63) is 53.6 Å². The first-order valence-corrected chi connectivity index (χ1v) is 8.76. The second kappa shape index (κ2) is 7.25. The number of rotatable bonds is 5. The highest BCUT2D eigenvalue weighted by Crippen LogP contribution is 2.34. The van der Waals surface area contributed by atoms with Crippen LogP contribution in [0.3, 0.4) is 0 Å². The van der Waals surface area contributed by atoms with Crippen molar-refractivity contribution in [2.75, 3.05) is 0 Å². The van der Waals surface area contributed by atoms with E-state index in [0.29, 0.717) is 5.39 Å². The summed E-state index contributed by atoms with van der Waals surface area (Å²) in [7, 11) is 0. The average molecular weight is 314 g/mol. The third kappa shape index (κ3) is 3.63. The summed E-state index contributed by atoms with van der Waals surface area (Å²) in [5.74, 6) is -0.711. The standard InChI is InChI=1S/C21H24F2/c1-2-3-4-5-15-6-8-16(9-7-15)17-10-12-19-18(14-17)11-13-20(22)21(19)23/h8,10-15H,2-7,9H2,1H3. The summed E-state index contributed by atoms with van der Waals surface area (Å²) in [6, 6.07) is 8.49. The third-order valence-corrected chi connectivity index (χ3v) is 5.01. The van der Waals surface area contributed by atoms with Gasteiger partial charge in [-0.1, -0.05) is 56.9 Å². The van der Waals surface area contributed by atoms with Gasteiger partial charge in [0, 0.05) is 5.39 Å². The molecule has 122 valence electrons. The van der Waals surface area contributed by atoms with E-state index in [1.165, 1.54) is 43.7 Å². The number of unbranched alkanes of at least 4 members (excludes halogenated alkanes) is 2. The number of benzene rings is 2. The first kappa shape index (κ1) is 16.2. The zero-order chi connectivity index (χ0) is 16.2. The fourth-order valence-electron chi connectivity index (χ4n) is 3.56. The summed E-state index contributed by atoms with van der Waals surface area (Å²) in [6.45, 7) is 2.24. The zero-order valence-electron chi connectivity index (χ0n) is 13.7. The van der Waals surface area contributed by atoms with Gasteiger partial charge in [0.25, 0.3) is 0 Å². The van der Waals surface area contributed by atoms with Crippen LogP contribution in [0.1, 0.15) is 57.4 Å². The second-order valence-electron chi connectivity index (χ2n) is 6.66. The van der Waals surface area contributed by atoms with Crippen LogP contribution in [0.25, 0.3) is 16.3 Å². The van der Waals surface area contributed by atoms with Crippen LogP contribution < -0.4 is 0 Å². The van der Waals surface area contributed by atoms with Crippen molar-refractivity contribution < 1.29 is 8.78 Å². The van der Waals surface area contributed by atoms with Crippen molar-refractivity contribution in [3.63, 3.8) is 0 Å². The molecule has 0 aromatic heterocycles. The second-order valence-corrected chi connectivity index (χ2v) is 6.66. The fourth-order valence-corrected chi connectivity index (χ4v) is 3.56. The lowest BCUT2D eigenvalue weighted by Crippen LogP contribution is -2.05. The SMILES string of the molecule is CCCCCC1CC=C(c2ccc3c(F)c(F)ccc3c2)CC1. The molecule has 2 aromatic rings. The highest BCUT2D eigenvalue weighted by Gasteiger charge is 2.16. The minimum Gasteiger partial charge on any atom is -0.204 e. The Kier molecular flexibility index (Phi) is 5.09. The van der Waals surface area contributed by atoms with Crippen LogP contribution in [0.4, 0.5) is 8.78 Å². The van der Waals surface area contributed by atoms with Gasteiger partial charge in [0.1, 0.15) is 0 Å². The minimum absolute atomic E-state index is 0.364. The lowest BCUT2D eigenvalue weighted by Gasteiger charge is -2.22. The van der Waals surface area contributed by atoms with E-state index in [0.717, 1.165) is 29.7 Å². The Labute approximate surface area is 137 Å². The maximum Gasteiger partial charge on any atom is 0.166 e. The number of halogens is 2.